The minimum absolute atomic E-state index is 0.352. The molecule has 0 aliphatic rings. The second-order valence-corrected chi connectivity index (χ2v) is 3.78. The monoisotopic (exact) mass is 218 g/mol. The van der Waals surface area contributed by atoms with Crippen molar-refractivity contribution in [3.05, 3.63) is 29.8 Å². The number of rotatable bonds is 6. The number of benzene rings is 1. The zero-order chi connectivity index (χ0) is 11.8. The number of hydrogen-bond donors (Lipinski definition) is 1. The Balaban J connectivity index is 2.49. The molecule has 0 aliphatic heterocycles. The molecule has 1 aromatic carbocycles. The Labute approximate surface area is 97.0 Å². The molecular formula is C13H18N2O. The zero-order valence-electron chi connectivity index (χ0n) is 9.86. The highest BCUT2D eigenvalue weighted by Gasteiger charge is 2.06. The largest absolute Gasteiger partial charge is 0.496 e. The van der Waals surface area contributed by atoms with E-state index >= 15 is 0 Å². The van der Waals surface area contributed by atoms with Gasteiger partial charge in [0.1, 0.15) is 5.75 Å². The summed E-state index contributed by atoms with van der Waals surface area (Å²) in [7, 11) is 1.69. The molecule has 3 heteroatoms. The Morgan fingerprint density at radius 2 is 2.19 bits per heavy atom. The van der Waals surface area contributed by atoms with E-state index in [-0.39, 0.29) is 0 Å². The minimum atomic E-state index is 0.352. The molecule has 1 N–H and O–H groups in total. The van der Waals surface area contributed by atoms with Crippen molar-refractivity contribution >= 4 is 0 Å². The van der Waals surface area contributed by atoms with E-state index in [1.54, 1.807) is 7.11 Å². The van der Waals surface area contributed by atoms with Crippen molar-refractivity contribution in [3.8, 4) is 11.8 Å². The van der Waals surface area contributed by atoms with Crippen LogP contribution in [0.3, 0.4) is 0 Å². The molecule has 1 unspecified atom stereocenters. The highest BCUT2D eigenvalue weighted by molar-refractivity contribution is 5.33. The van der Waals surface area contributed by atoms with Gasteiger partial charge in [-0.15, -0.1) is 0 Å². The predicted octanol–water partition coefficient (Wildman–Crippen LogP) is 2.13. The molecule has 0 amide bonds. The molecule has 0 aliphatic carbocycles. The molecule has 16 heavy (non-hydrogen) atoms. The van der Waals surface area contributed by atoms with Crippen LogP contribution in [0, 0.1) is 11.3 Å². The van der Waals surface area contributed by atoms with E-state index in [0.717, 1.165) is 18.7 Å². The fourth-order valence-corrected chi connectivity index (χ4v) is 1.65. The fraction of sp³-hybridized carbons (Fsp3) is 0.462. The van der Waals surface area contributed by atoms with Crippen LogP contribution in [0.15, 0.2) is 24.3 Å². The van der Waals surface area contributed by atoms with E-state index in [1.165, 1.54) is 5.56 Å². The molecule has 0 aromatic heterocycles. The number of para-hydroxylation sites is 1. The summed E-state index contributed by atoms with van der Waals surface area (Å²) in [5.74, 6) is 0.927. The lowest BCUT2D eigenvalue weighted by atomic mass is 10.1. The Morgan fingerprint density at radius 1 is 1.44 bits per heavy atom. The normalized spacial score (nSPS) is 11.8. The van der Waals surface area contributed by atoms with Crippen molar-refractivity contribution in [1.29, 1.82) is 5.26 Å². The molecule has 0 fully saturated rings. The summed E-state index contributed by atoms with van der Waals surface area (Å²) < 4.78 is 5.29. The molecule has 1 rings (SSSR count). The third-order valence-corrected chi connectivity index (χ3v) is 2.45. The van der Waals surface area contributed by atoms with Crippen molar-refractivity contribution in [1.82, 2.24) is 5.32 Å². The third kappa shape index (κ3) is 3.92. The summed E-state index contributed by atoms with van der Waals surface area (Å²) in [6.07, 6.45) is 1.46. The fourth-order valence-electron chi connectivity index (χ4n) is 1.65. The zero-order valence-corrected chi connectivity index (χ0v) is 9.86. The van der Waals surface area contributed by atoms with Crippen LogP contribution < -0.4 is 10.1 Å². The number of nitrogens with zero attached hydrogens (tertiary/aromatic N) is 1. The molecule has 0 saturated heterocycles. The van der Waals surface area contributed by atoms with Gasteiger partial charge in [-0.1, -0.05) is 18.2 Å². The minimum Gasteiger partial charge on any atom is -0.496 e. The Morgan fingerprint density at radius 3 is 2.88 bits per heavy atom. The molecular weight excluding hydrogens is 200 g/mol. The van der Waals surface area contributed by atoms with Crippen LogP contribution in [-0.2, 0) is 6.42 Å². The third-order valence-electron chi connectivity index (χ3n) is 2.45. The van der Waals surface area contributed by atoms with Gasteiger partial charge in [-0.3, -0.25) is 0 Å². The van der Waals surface area contributed by atoms with Gasteiger partial charge in [0, 0.05) is 19.0 Å². The highest BCUT2D eigenvalue weighted by atomic mass is 16.5. The SMILES string of the molecule is COc1ccccc1CC(C)NCCC#N. The van der Waals surface area contributed by atoms with Crippen LogP contribution in [0.5, 0.6) is 5.75 Å². The number of methoxy groups -OCH3 is 1. The lowest BCUT2D eigenvalue weighted by Crippen LogP contribution is -2.28. The van der Waals surface area contributed by atoms with Gasteiger partial charge in [-0.2, -0.15) is 5.26 Å². The predicted molar refractivity (Wildman–Crippen MR) is 64.4 cm³/mol. The van der Waals surface area contributed by atoms with E-state index in [9.17, 15) is 0 Å². The molecule has 86 valence electrons. The van der Waals surface area contributed by atoms with Gasteiger partial charge in [-0.25, -0.2) is 0 Å². The van der Waals surface area contributed by atoms with Crippen LogP contribution in [0.1, 0.15) is 18.9 Å². The summed E-state index contributed by atoms with van der Waals surface area (Å²) in [6.45, 7) is 2.86. The lowest BCUT2D eigenvalue weighted by molar-refractivity contribution is 0.406. The van der Waals surface area contributed by atoms with Gasteiger partial charge in [0.2, 0.25) is 0 Å². The summed E-state index contributed by atoms with van der Waals surface area (Å²) in [5, 5.41) is 11.7. The molecule has 0 saturated carbocycles. The maximum atomic E-state index is 8.44. The van der Waals surface area contributed by atoms with E-state index in [0.29, 0.717) is 12.5 Å². The van der Waals surface area contributed by atoms with Gasteiger partial charge in [-0.05, 0) is 25.0 Å². The first-order valence-electron chi connectivity index (χ1n) is 5.50. The van der Waals surface area contributed by atoms with Crippen LogP contribution >= 0.6 is 0 Å². The topological polar surface area (TPSA) is 45.0 Å². The first-order chi connectivity index (χ1) is 7.77. The average molecular weight is 218 g/mol. The van der Waals surface area contributed by atoms with Gasteiger partial charge in [0.05, 0.1) is 13.2 Å². The number of hydrogen-bond acceptors (Lipinski definition) is 3. The maximum absolute atomic E-state index is 8.44. The number of ether oxygens (including phenoxy) is 1. The molecule has 0 radical (unpaired) electrons. The van der Waals surface area contributed by atoms with E-state index in [1.807, 2.05) is 18.2 Å². The Hall–Kier alpha value is -1.53. The van der Waals surface area contributed by atoms with Crippen molar-refractivity contribution in [2.24, 2.45) is 0 Å². The standard InChI is InChI=1S/C13H18N2O/c1-11(15-9-5-8-14)10-12-6-3-4-7-13(12)16-2/h3-4,6-7,11,15H,5,9-10H2,1-2H3. The Bertz CT molecular complexity index is 357. The Kier molecular flexibility index (Phi) is 5.38. The van der Waals surface area contributed by atoms with Gasteiger partial charge >= 0.3 is 0 Å². The van der Waals surface area contributed by atoms with Gasteiger partial charge < -0.3 is 10.1 Å². The first-order valence-corrected chi connectivity index (χ1v) is 5.50. The summed E-state index contributed by atoms with van der Waals surface area (Å²) in [6, 6.07) is 10.5. The smallest absolute Gasteiger partial charge is 0.122 e. The van der Waals surface area contributed by atoms with Crippen molar-refractivity contribution in [2.75, 3.05) is 13.7 Å². The van der Waals surface area contributed by atoms with Gasteiger partial charge in [0.25, 0.3) is 0 Å². The summed E-state index contributed by atoms with van der Waals surface area (Å²) >= 11 is 0. The summed E-state index contributed by atoms with van der Waals surface area (Å²) in [4.78, 5) is 0. The lowest BCUT2D eigenvalue weighted by Gasteiger charge is -2.14. The van der Waals surface area contributed by atoms with Crippen molar-refractivity contribution < 1.29 is 4.74 Å². The summed E-state index contributed by atoms with van der Waals surface area (Å²) in [5.41, 5.74) is 1.20. The highest BCUT2D eigenvalue weighted by Crippen LogP contribution is 2.18. The maximum Gasteiger partial charge on any atom is 0.122 e. The van der Waals surface area contributed by atoms with Crippen molar-refractivity contribution in [3.63, 3.8) is 0 Å². The first kappa shape index (κ1) is 12.5. The van der Waals surface area contributed by atoms with Crippen LogP contribution in [0.4, 0.5) is 0 Å². The second kappa shape index (κ2) is 6.86. The van der Waals surface area contributed by atoms with Crippen LogP contribution in [-0.4, -0.2) is 19.7 Å². The molecule has 1 aromatic rings. The van der Waals surface area contributed by atoms with Crippen molar-refractivity contribution in [2.45, 2.75) is 25.8 Å². The molecule has 3 nitrogen and oxygen atoms in total. The van der Waals surface area contributed by atoms with Crippen LogP contribution in [0.2, 0.25) is 0 Å². The van der Waals surface area contributed by atoms with E-state index < -0.39 is 0 Å². The average Bonchev–Trinajstić information content (AvgIpc) is 2.30. The van der Waals surface area contributed by atoms with Gasteiger partial charge in [0.15, 0.2) is 0 Å². The van der Waals surface area contributed by atoms with E-state index in [4.69, 9.17) is 10.00 Å². The molecule has 1 atom stereocenters. The quantitative estimate of drug-likeness (QED) is 0.744. The molecule has 0 spiro atoms. The second-order valence-electron chi connectivity index (χ2n) is 3.78. The molecule has 0 bridgehead atoms. The number of nitrogens with one attached hydrogen (secondary N) is 1. The van der Waals surface area contributed by atoms with E-state index in [2.05, 4.69) is 24.4 Å². The van der Waals surface area contributed by atoms with Crippen LogP contribution in [0.25, 0.3) is 0 Å². The number of nitriles is 1. The molecule has 0 heterocycles.